The maximum Gasteiger partial charge on any atom is 0.253 e. The van der Waals surface area contributed by atoms with Gasteiger partial charge in [0.1, 0.15) is 30.4 Å². The van der Waals surface area contributed by atoms with Gasteiger partial charge in [-0.3, -0.25) is 4.79 Å². The molecule has 0 saturated heterocycles. The minimum atomic E-state index is -0.837. The van der Waals surface area contributed by atoms with Crippen molar-refractivity contribution < 1.29 is 9.36 Å². The highest BCUT2D eigenvalue weighted by Gasteiger charge is 2.51. The highest BCUT2D eigenvalue weighted by atomic mass is 16.1. The smallest absolute Gasteiger partial charge is 0.253 e. The third kappa shape index (κ3) is 4.18. The third-order valence-electron chi connectivity index (χ3n) is 7.89. The Morgan fingerprint density at radius 2 is 1.60 bits per heavy atom. The number of hydrogen-bond donors (Lipinski definition) is 1. The van der Waals surface area contributed by atoms with E-state index in [-0.39, 0.29) is 11.8 Å². The number of imidazole rings is 1. The van der Waals surface area contributed by atoms with Crippen LogP contribution in [0.4, 0.5) is 0 Å². The zero-order chi connectivity index (χ0) is 24.4. The predicted octanol–water partition coefficient (Wildman–Crippen LogP) is 5.25. The van der Waals surface area contributed by atoms with Crippen LogP contribution in [0.5, 0.6) is 0 Å². The number of carbonyl (C=O) groups excluding carboxylic acids is 1. The number of carbonyl (C=O) groups is 1. The second kappa shape index (κ2) is 9.53. The lowest BCUT2D eigenvalue weighted by Gasteiger charge is -2.37. The van der Waals surface area contributed by atoms with Crippen LogP contribution in [0.15, 0.2) is 97.3 Å². The molecule has 178 valence electrons. The van der Waals surface area contributed by atoms with E-state index < -0.39 is 5.41 Å². The van der Waals surface area contributed by atoms with E-state index in [1.165, 1.54) is 17.0 Å². The van der Waals surface area contributed by atoms with Gasteiger partial charge in [-0.2, -0.15) is 0 Å². The Bertz CT molecular complexity index is 1270. The van der Waals surface area contributed by atoms with Gasteiger partial charge in [0, 0.05) is 6.92 Å². The van der Waals surface area contributed by atoms with Crippen LogP contribution in [0, 0.1) is 19.8 Å². The van der Waals surface area contributed by atoms with E-state index in [4.69, 9.17) is 5.73 Å². The summed E-state index contributed by atoms with van der Waals surface area (Å²) >= 11 is 0. The van der Waals surface area contributed by atoms with Crippen molar-refractivity contribution in [3.05, 3.63) is 125 Å². The normalized spacial score (nSPS) is 18.0. The molecule has 0 radical (unpaired) electrons. The minimum absolute atomic E-state index is 0.127. The van der Waals surface area contributed by atoms with Crippen molar-refractivity contribution in [2.75, 3.05) is 0 Å². The van der Waals surface area contributed by atoms with E-state index in [1.807, 2.05) is 36.4 Å². The molecule has 5 rings (SSSR count). The summed E-state index contributed by atoms with van der Waals surface area (Å²) < 4.78 is 4.72. The first-order valence-corrected chi connectivity index (χ1v) is 12.5. The van der Waals surface area contributed by atoms with E-state index in [9.17, 15) is 4.79 Å². The summed E-state index contributed by atoms with van der Waals surface area (Å²) in [5.74, 6) is 1.10. The van der Waals surface area contributed by atoms with Crippen molar-refractivity contribution in [2.45, 2.75) is 51.1 Å². The molecule has 4 heteroatoms. The molecular weight excluding hydrogens is 430 g/mol. The second-order valence-corrected chi connectivity index (χ2v) is 9.94. The fraction of sp³-hybridized carbons (Fsp3) is 0.290. The molecule has 4 aromatic rings. The Balaban J connectivity index is 1.47. The second-order valence-electron chi connectivity index (χ2n) is 9.94. The first-order chi connectivity index (χ1) is 17.0. The Labute approximate surface area is 208 Å². The van der Waals surface area contributed by atoms with E-state index >= 15 is 0 Å². The van der Waals surface area contributed by atoms with Crippen molar-refractivity contribution in [1.82, 2.24) is 4.57 Å². The molecule has 4 nitrogen and oxygen atoms in total. The van der Waals surface area contributed by atoms with Crippen LogP contribution in [0.3, 0.4) is 0 Å². The molecule has 0 bridgehead atoms. The van der Waals surface area contributed by atoms with Crippen LogP contribution >= 0.6 is 0 Å². The molecule has 1 aromatic heterocycles. The molecular formula is C31H34N3O+. The third-order valence-corrected chi connectivity index (χ3v) is 7.89. The van der Waals surface area contributed by atoms with Gasteiger partial charge in [0.05, 0.1) is 0 Å². The van der Waals surface area contributed by atoms with E-state index in [2.05, 4.69) is 83.9 Å². The summed E-state index contributed by atoms with van der Waals surface area (Å²) in [7, 11) is 0. The Hall–Kier alpha value is -3.66. The van der Waals surface area contributed by atoms with Crippen molar-refractivity contribution in [1.29, 1.82) is 0 Å². The molecule has 2 unspecified atom stereocenters. The average molecular weight is 465 g/mol. The molecule has 1 aliphatic carbocycles. The Morgan fingerprint density at radius 1 is 0.943 bits per heavy atom. The number of rotatable bonds is 7. The molecule has 1 saturated carbocycles. The predicted molar refractivity (Wildman–Crippen MR) is 139 cm³/mol. The Kier molecular flexibility index (Phi) is 6.29. The SMILES string of the molecule is Cc1cccc(C[n+]2ccn(C3CCC(C(C(N)=O)(c4ccccc4)c4ccccc4)C3)c2C)c1. The summed E-state index contributed by atoms with van der Waals surface area (Å²) in [6.45, 7) is 5.18. The van der Waals surface area contributed by atoms with E-state index in [0.29, 0.717) is 6.04 Å². The van der Waals surface area contributed by atoms with Crippen LogP contribution in [0.2, 0.25) is 0 Å². The monoisotopic (exact) mass is 464 g/mol. The number of primary amides is 1. The highest BCUT2D eigenvalue weighted by molar-refractivity contribution is 5.91. The summed E-state index contributed by atoms with van der Waals surface area (Å²) in [6.07, 6.45) is 7.27. The summed E-state index contributed by atoms with van der Waals surface area (Å²) in [6, 6.07) is 29.3. The summed E-state index contributed by atoms with van der Waals surface area (Å²) in [5.41, 5.74) is 10.0. The van der Waals surface area contributed by atoms with Crippen LogP contribution in [-0.4, -0.2) is 10.5 Å². The first kappa shape index (κ1) is 23.1. The van der Waals surface area contributed by atoms with Gasteiger partial charge in [0.2, 0.25) is 5.91 Å². The number of amides is 1. The van der Waals surface area contributed by atoms with Crippen LogP contribution in [-0.2, 0) is 16.8 Å². The fourth-order valence-electron chi connectivity index (χ4n) is 6.21. The van der Waals surface area contributed by atoms with Crippen molar-refractivity contribution in [2.24, 2.45) is 11.7 Å². The topological polar surface area (TPSA) is 51.9 Å². The number of benzene rings is 3. The van der Waals surface area contributed by atoms with E-state index in [1.54, 1.807) is 0 Å². The van der Waals surface area contributed by atoms with Gasteiger partial charge in [-0.15, -0.1) is 0 Å². The maximum atomic E-state index is 13.4. The summed E-state index contributed by atoms with van der Waals surface area (Å²) in [4.78, 5) is 13.4. The van der Waals surface area contributed by atoms with Crippen LogP contribution in [0.1, 0.15) is 53.4 Å². The quantitative estimate of drug-likeness (QED) is 0.373. The van der Waals surface area contributed by atoms with Crippen LogP contribution in [0.25, 0.3) is 0 Å². The number of nitrogens with zero attached hydrogens (tertiary/aromatic N) is 2. The number of aromatic nitrogens is 2. The number of aryl methyl sites for hydroxylation is 1. The molecule has 1 fully saturated rings. The molecule has 1 aliphatic rings. The lowest BCUT2D eigenvalue weighted by atomic mass is 9.64. The summed E-state index contributed by atoms with van der Waals surface area (Å²) in [5, 5.41) is 0. The van der Waals surface area contributed by atoms with Crippen molar-refractivity contribution in [3.8, 4) is 0 Å². The van der Waals surface area contributed by atoms with Gasteiger partial charge in [-0.05, 0) is 48.8 Å². The molecule has 1 amide bonds. The van der Waals surface area contributed by atoms with Gasteiger partial charge in [0.25, 0.3) is 5.82 Å². The maximum absolute atomic E-state index is 13.4. The van der Waals surface area contributed by atoms with Crippen molar-refractivity contribution >= 4 is 5.91 Å². The highest BCUT2D eigenvalue weighted by Crippen LogP contribution is 2.49. The Morgan fingerprint density at radius 3 is 2.20 bits per heavy atom. The standard InChI is InChI=1S/C31H33N3O/c1-23-10-9-11-25(20-23)22-33-18-19-34(24(33)2)29-17-16-28(21-29)31(30(32)35,26-12-5-3-6-13-26)27-14-7-4-8-15-27/h3-15,18-20,28-29H,16-17,21-22H2,1-2H3,(H-,32,35)/p+1. The molecule has 0 aliphatic heterocycles. The minimum Gasteiger partial charge on any atom is -0.369 e. The molecule has 3 aromatic carbocycles. The number of hydrogen-bond acceptors (Lipinski definition) is 1. The largest absolute Gasteiger partial charge is 0.369 e. The number of nitrogens with two attached hydrogens (primary N) is 1. The van der Waals surface area contributed by atoms with Gasteiger partial charge < -0.3 is 5.73 Å². The van der Waals surface area contributed by atoms with Crippen LogP contribution < -0.4 is 10.3 Å². The van der Waals surface area contributed by atoms with Gasteiger partial charge in [0.15, 0.2) is 0 Å². The fourth-order valence-corrected chi connectivity index (χ4v) is 6.21. The molecule has 0 spiro atoms. The van der Waals surface area contributed by atoms with Gasteiger partial charge in [-0.1, -0.05) is 90.5 Å². The zero-order valence-electron chi connectivity index (χ0n) is 20.6. The molecule has 2 N–H and O–H groups in total. The van der Waals surface area contributed by atoms with E-state index in [0.717, 1.165) is 36.9 Å². The van der Waals surface area contributed by atoms with Gasteiger partial charge in [-0.25, -0.2) is 9.13 Å². The van der Waals surface area contributed by atoms with Gasteiger partial charge >= 0.3 is 0 Å². The molecule has 35 heavy (non-hydrogen) atoms. The lowest BCUT2D eigenvalue weighted by molar-refractivity contribution is -0.694. The lowest BCUT2D eigenvalue weighted by Crippen LogP contribution is -2.47. The molecule has 1 heterocycles. The first-order valence-electron chi connectivity index (χ1n) is 12.5. The molecule has 2 atom stereocenters. The zero-order valence-corrected chi connectivity index (χ0v) is 20.6. The van der Waals surface area contributed by atoms with Crippen molar-refractivity contribution in [3.63, 3.8) is 0 Å². The average Bonchev–Trinajstić information content (AvgIpc) is 3.48.